The van der Waals surface area contributed by atoms with Crippen molar-refractivity contribution < 1.29 is 14.4 Å². The highest BCUT2D eigenvalue weighted by atomic mass is 79.9. The predicted molar refractivity (Wildman–Crippen MR) is 62.3 cm³/mol. The molecule has 0 aliphatic carbocycles. The first kappa shape index (κ1) is 10.8. The molecular weight excluding hydrogens is 276 g/mol. The van der Waals surface area contributed by atoms with Gasteiger partial charge in [0.25, 0.3) is 0 Å². The molecule has 0 fully saturated rings. The van der Waals surface area contributed by atoms with Gasteiger partial charge in [-0.2, -0.15) is 0 Å². The maximum absolute atomic E-state index is 9.94. The fourth-order valence-electron chi connectivity index (χ4n) is 1.39. The SMILES string of the molecule is COc1cc(Br)cc(-c2cnoc2N)c1O. The molecule has 6 heteroatoms. The number of aromatic nitrogens is 1. The van der Waals surface area contributed by atoms with Crippen LogP contribution in [0, 0.1) is 0 Å². The van der Waals surface area contributed by atoms with Crippen LogP contribution < -0.4 is 10.5 Å². The molecule has 0 saturated heterocycles. The number of rotatable bonds is 2. The molecule has 0 aliphatic rings. The predicted octanol–water partition coefficient (Wildman–Crippen LogP) is 2.40. The van der Waals surface area contributed by atoms with Gasteiger partial charge in [-0.3, -0.25) is 0 Å². The Morgan fingerprint density at radius 2 is 2.19 bits per heavy atom. The van der Waals surface area contributed by atoms with Gasteiger partial charge < -0.3 is 20.1 Å². The molecule has 0 saturated carbocycles. The van der Waals surface area contributed by atoms with Gasteiger partial charge in [-0.1, -0.05) is 21.1 Å². The molecule has 0 radical (unpaired) electrons. The van der Waals surface area contributed by atoms with Crippen molar-refractivity contribution in [3.63, 3.8) is 0 Å². The Morgan fingerprint density at radius 3 is 2.75 bits per heavy atom. The number of hydrogen-bond acceptors (Lipinski definition) is 5. The van der Waals surface area contributed by atoms with Crippen molar-refractivity contribution in [1.29, 1.82) is 0 Å². The summed E-state index contributed by atoms with van der Waals surface area (Å²) in [5.41, 5.74) is 6.62. The van der Waals surface area contributed by atoms with Gasteiger partial charge in [-0.05, 0) is 12.1 Å². The molecular formula is C10H9BrN2O3. The number of benzene rings is 1. The highest BCUT2D eigenvalue weighted by Gasteiger charge is 2.16. The number of phenolic OH excluding ortho intramolecular Hbond substituents is 1. The minimum atomic E-state index is 0.000556. The molecule has 1 heterocycles. The van der Waals surface area contributed by atoms with Gasteiger partial charge in [0.15, 0.2) is 11.5 Å². The summed E-state index contributed by atoms with van der Waals surface area (Å²) in [5, 5.41) is 13.5. The smallest absolute Gasteiger partial charge is 0.230 e. The van der Waals surface area contributed by atoms with E-state index in [1.807, 2.05) is 0 Å². The summed E-state index contributed by atoms with van der Waals surface area (Å²) in [5.74, 6) is 0.501. The van der Waals surface area contributed by atoms with Crippen LogP contribution in [0.5, 0.6) is 11.5 Å². The van der Waals surface area contributed by atoms with E-state index in [1.54, 1.807) is 12.1 Å². The average Bonchev–Trinajstić information content (AvgIpc) is 2.67. The van der Waals surface area contributed by atoms with Crippen LogP contribution in [0.3, 0.4) is 0 Å². The van der Waals surface area contributed by atoms with Crippen LogP contribution in [0.2, 0.25) is 0 Å². The molecule has 0 atom stereocenters. The number of anilines is 1. The summed E-state index contributed by atoms with van der Waals surface area (Å²) in [7, 11) is 1.47. The third kappa shape index (κ3) is 1.71. The molecule has 16 heavy (non-hydrogen) atoms. The number of nitrogen functional groups attached to an aromatic ring is 1. The Balaban J connectivity index is 2.65. The molecule has 0 unspecified atom stereocenters. The Hall–Kier alpha value is -1.69. The van der Waals surface area contributed by atoms with Crippen molar-refractivity contribution in [2.24, 2.45) is 0 Å². The van der Waals surface area contributed by atoms with Crippen LogP contribution in [0.1, 0.15) is 0 Å². The Labute approximate surface area is 99.9 Å². The summed E-state index contributed by atoms with van der Waals surface area (Å²) in [6.45, 7) is 0. The van der Waals surface area contributed by atoms with Crippen molar-refractivity contribution in [3.8, 4) is 22.6 Å². The highest BCUT2D eigenvalue weighted by Crippen LogP contribution is 2.41. The van der Waals surface area contributed by atoms with Gasteiger partial charge in [0, 0.05) is 10.0 Å². The first-order chi connectivity index (χ1) is 7.63. The van der Waals surface area contributed by atoms with Crippen LogP contribution in [0.15, 0.2) is 27.3 Å². The van der Waals surface area contributed by atoms with E-state index >= 15 is 0 Å². The lowest BCUT2D eigenvalue weighted by Gasteiger charge is -2.08. The van der Waals surface area contributed by atoms with Crippen LogP contribution in [-0.4, -0.2) is 17.4 Å². The molecule has 0 bridgehead atoms. The van der Waals surface area contributed by atoms with E-state index in [-0.39, 0.29) is 11.6 Å². The topological polar surface area (TPSA) is 81.5 Å². The van der Waals surface area contributed by atoms with E-state index in [2.05, 4.69) is 21.1 Å². The zero-order valence-electron chi connectivity index (χ0n) is 8.40. The number of phenols is 1. The molecule has 5 nitrogen and oxygen atoms in total. The number of hydrogen-bond donors (Lipinski definition) is 2. The van der Waals surface area contributed by atoms with Gasteiger partial charge in [0.05, 0.1) is 18.9 Å². The van der Waals surface area contributed by atoms with Gasteiger partial charge >= 0.3 is 0 Å². The summed E-state index contributed by atoms with van der Waals surface area (Å²) < 4.78 is 10.5. The lowest BCUT2D eigenvalue weighted by atomic mass is 10.1. The van der Waals surface area contributed by atoms with E-state index in [4.69, 9.17) is 15.0 Å². The molecule has 2 rings (SSSR count). The maximum Gasteiger partial charge on any atom is 0.230 e. The summed E-state index contributed by atoms with van der Waals surface area (Å²) >= 11 is 3.32. The van der Waals surface area contributed by atoms with Crippen molar-refractivity contribution in [2.75, 3.05) is 12.8 Å². The third-order valence-electron chi connectivity index (χ3n) is 2.15. The van der Waals surface area contributed by atoms with E-state index in [9.17, 15) is 5.11 Å². The standard InChI is InChI=1S/C10H9BrN2O3/c1-15-8-3-5(11)2-6(9(8)14)7-4-13-16-10(7)12/h2-4,14H,12H2,1H3. The number of halogens is 1. The van der Waals surface area contributed by atoms with Gasteiger partial charge in [0.2, 0.25) is 5.88 Å². The highest BCUT2D eigenvalue weighted by molar-refractivity contribution is 9.10. The van der Waals surface area contributed by atoms with Crippen molar-refractivity contribution in [3.05, 3.63) is 22.8 Å². The summed E-state index contributed by atoms with van der Waals surface area (Å²) in [6, 6.07) is 3.36. The monoisotopic (exact) mass is 284 g/mol. The molecule has 0 spiro atoms. The Bertz CT molecular complexity index is 525. The second-order valence-electron chi connectivity index (χ2n) is 3.11. The minimum Gasteiger partial charge on any atom is -0.504 e. The van der Waals surface area contributed by atoms with Crippen LogP contribution in [-0.2, 0) is 0 Å². The number of methoxy groups -OCH3 is 1. The zero-order chi connectivity index (χ0) is 11.7. The van der Waals surface area contributed by atoms with Crippen molar-refractivity contribution >= 4 is 21.8 Å². The van der Waals surface area contributed by atoms with Crippen molar-refractivity contribution in [1.82, 2.24) is 5.16 Å². The lowest BCUT2D eigenvalue weighted by Crippen LogP contribution is -1.89. The minimum absolute atomic E-state index is 0.000556. The fraction of sp³-hybridized carbons (Fsp3) is 0.100. The second kappa shape index (κ2) is 4.05. The van der Waals surface area contributed by atoms with Gasteiger partial charge in [-0.25, -0.2) is 0 Å². The zero-order valence-corrected chi connectivity index (χ0v) is 9.98. The Morgan fingerprint density at radius 1 is 1.44 bits per heavy atom. The van der Waals surface area contributed by atoms with Crippen LogP contribution in [0.25, 0.3) is 11.1 Å². The molecule has 0 amide bonds. The summed E-state index contributed by atoms with van der Waals surface area (Å²) in [6.07, 6.45) is 1.44. The first-order valence-corrected chi connectivity index (χ1v) is 5.19. The van der Waals surface area contributed by atoms with Crippen LogP contribution in [0.4, 0.5) is 5.88 Å². The molecule has 1 aromatic carbocycles. The van der Waals surface area contributed by atoms with Crippen LogP contribution >= 0.6 is 15.9 Å². The van der Waals surface area contributed by atoms with Gasteiger partial charge in [-0.15, -0.1) is 0 Å². The van der Waals surface area contributed by atoms with E-state index < -0.39 is 0 Å². The van der Waals surface area contributed by atoms with E-state index in [0.717, 1.165) is 4.47 Å². The second-order valence-corrected chi connectivity index (χ2v) is 4.02. The Kier molecular flexibility index (Phi) is 2.74. The molecule has 2 aromatic rings. The normalized spacial score (nSPS) is 10.4. The number of aromatic hydroxyl groups is 1. The molecule has 84 valence electrons. The third-order valence-corrected chi connectivity index (χ3v) is 2.61. The molecule has 1 aromatic heterocycles. The number of nitrogens with zero attached hydrogens (tertiary/aromatic N) is 1. The molecule has 3 N–H and O–H groups in total. The van der Waals surface area contributed by atoms with E-state index in [1.165, 1.54) is 13.3 Å². The van der Waals surface area contributed by atoms with Crippen molar-refractivity contribution in [2.45, 2.75) is 0 Å². The maximum atomic E-state index is 9.94. The lowest BCUT2D eigenvalue weighted by molar-refractivity contribution is 0.374. The van der Waals surface area contributed by atoms with Gasteiger partial charge in [0.1, 0.15) is 0 Å². The number of ether oxygens (including phenoxy) is 1. The number of nitrogens with two attached hydrogens (primary N) is 1. The first-order valence-electron chi connectivity index (χ1n) is 4.40. The van der Waals surface area contributed by atoms with E-state index in [0.29, 0.717) is 16.9 Å². The largest absolute Gasteiger partial charge is 0.504 e. The quantitative estimate of drug-likeness (QED) is 0.885. The molecule has 0 aliphatic heterocycles. The fourth-order valence-corrected chi connectivity index (χ4v) is 1.82. The summed E-state index contributed by atoms with van der Waals surface area (Å²) in [4.78, 5) is 0. The average molecular weight is 285 g/mol.